The second-order valence-corrected chi connectivity index (χ2v) is 9.84. The van der Waals surface area contributed by atoms with Gasteiger partial charge in [-0.3, -0.25) is 14.3 Å². The van der Waals surface area contributed by atoms with Gasteiger partial charge in [0, 0.05) is 62.0 Å². The fourth-order valence-electron chi connectivity index (χ4n) is 5.00. The molecule has 2 aromatic heterocycles. The maximum atomic E-state index is 14.0. The molecule has 0 radical (unpaired) electrons. The number of morpholine rings is 1. The first-order valence-corrected chi connectivity index (χ1v) is 13.6. The average molecular weight is 598 g/mol. The van der Waals surface area contributed by atoms with Crippen molar-refractivity contribution in [3.8, 4) is 11.4 Å². The van der Waals surface area contributed by atoms with Crippen LogP contribution in [-0.2, 0) is 23.9 Å². The molecular weight excluding hydrogens is 567 g/mol. The molecule has 2 N–H and O–H groups in total. The Labute approximate surface area is 244 Å². The van der Waals surface area contributed by atoms with E-state index in [0.717, 1.165) is 6.07 Å². The Balaban J connectivity index is 1.49. The van der Waals surface area contributed by atoms with Crippen molar-refractivity contribution in [3.05, 3.63) is 75.5 Å². The van der Waals surface area contributed by atoms with E-state index in [1.807, 2.05) is 11.8 Å². The quantitative estimate of drug-likeness (QED) is 0.311. The van der Waals surface area contributed by atoms with Crippen molar-refractivity contribution >= 4 is 28.6 Å². The van der Waals surface area contributed by atoms with Crippen molar-refractivity contribution in [2.45, 2.75) is 26.1 Å². The van der Waals surface area contributed by atoms with Crippen molar-refractivity contribution in [2.24, 2.45) is 0 Å². The molecule has 1 fully saturated rings. The lowest BCUT2D eigenvalue weighted by atomic mass is 10.0. The molecule has 0 spiro atoms. The number of carbonyl (C=O) groups is 1. The Hall–Kier alpha value is -4.56. The largest absolute Gasteiger partial charge is 0.497 e. The number of amides is 1. The number of methoxy groups -OCH3 is 1. The molecule has 3 heterocycles. The molecule has 2 aromatic carbocycles. The Morgan fingerprint density at radius 1 is 1.12 bits per heavy atom. The topological polar surface area (TPSA) is 124 Å². The molecule has 0 saturated carbocycles. The minimum Gasteiger partial charge on any atom is -0.497 e. The summed E-state index contributed by atoms with van der Waals surface area (Å²) >= 11 is 0. The summed E-state index contributed by atoms with van der Waals surface area (Å²) in [5, 5.41) is 6.02. The zero-order valence-electron chi connectivity index (χ0n) is 23.8. The number of halogens is 3. The number of fused-ring (bicyclic) bond motifs is 1. The molecule has 226 valence electrons. The monoisotopic (exact) mass is 597 g/mol. The number of alkyl halides is 3. The van der Waals surface area contributed by atoms with Crippen LogP contribution < -0.4 is 21.1 Å². The predicted molar refractivity (Wildman–Crippen MR) is 154 cm³/mol. The number of ether oxygens (including phenoxy) is 2. The molecule has 0 bridgehead atoms. The molecular formula is C29H30F3N7O4. The molecule has 5 rings (SSSR count). The Bertz CT molecular complexity index is 1720. The van der Waals surface area contributed by atoms with Crippen LogP contribution >= 0.6 is 0 Å². The summed E-state index contributed by atoms with van der Waals surface area (Å²) in [5.41, 5.74) is -0.222. The highest BCUT2D eigenvalue weighted by molar-refractivity contribution is 6.04. The van der Waals surface area contributed by atoms with Crippen LogP contribution in [0.2, 0.25) is 0 Å². The number of rotatable bonds is 8. The molecule has 4 aromatic rings. The zero-order valence-corrected chi connectivity index (χ0v) is 23.8. The molecule has 1 amide bonds. The summed E-state index contributed by atoms with van der Waals surface area (Å²) in [6, 6.07) is 8.18. The number of nitrogens with zero attached hydrogens (tertiary/aromatic N) is 5. The smallest absolute Gasteiger partial charge is 0.416 e. The highest BCUT2D eigenvalue weighted by atomic mass is 19.4. The summed E-state index contributed by atoms with van der Waals surface area (Å²) in [7, 11) is 3.07. The van der Waals surface area contributed by atoms with E-state index < -0.39 is 23.3 Å². The van der Waals surface area contributed by atoms with Crippen LogP contribution in [0.1, 0.15) is 34.1 Å². The van der Waals surface area contributed by atoms with Crippen LogP contribution in [0, 0.1) is 0 Å². The number of hydrogen-bond donors (Lipinski definition) is 2. The summed E-state index contributed by atoms with van der Waals surface area (Å²) in [5.74, 6) is -0.135. The Morgan fingerprint density at radius 3 is 2.56 bits per heavy atom. The summed E-state index contributed by atoms with van der Waals surface area (Å²) < 4.78 is 54.2. The predicted octanol–water partition coefficient (Wildman–Crippen LogP) is 3.89. The number of anilines is 2. The van der Waals surface area contributed by atoms with Crippen LogP contribution in [-0.4, -0.2) is 70.8 Å². The second kappa shape index (κ2) is 12.4. The van der Waals surface area contributed by atoms with Crippen LogP contribution in [0.5, 0.6) is 5.75 Å². The first kappa shape index (κ1) is 29.9. The van der Waals surface area contributed by atoms with Crippen LogP contribution in [0.25, 0.3) is 16.7 Å². The van der Waals surface area contributed by atoms with Gasteiger partial charge in [0.2, 0.25) is 5.95 Å². The number of aromatic nitrogens is 4. The van der Waals surface area contributed by atoms with Gasteiger partial charge < -0.3 is 20.1 Å². The molecule has 11 nitrogen and oxygen atoms in total. The summed E-state index contributed by atoms with van der Waals surface area (Å²) in [4.78, 5) is 40.9. The average Bonchev–Trinajstić information content (AvgIpc) is 2.99. The van der Waals surface area contributed by atoms with Gasteiger partial charge in [-0.05, 0) is 30.2 Å². The van der Waals surface area contributed by atoms with Gasteiger partial charge in [0.05, 0.1) is 37.0 Å². The third kappa shape index (κ3) is 6.44. The normalized spacial score (nSPS) is 14.1. The van der Waals surface area contributed by atoms with Crippen molar-refractivity contribution in [1.29, 1.82) is 0 Å². The van der Waals surface area contributed by atoms with Crippen molar-refractivity contribution < 1.29 is 27.4 Å². The van der Waals surface area contributed by atoms with E-state index in [-0.39, 0.29) is 29.0 Å². The van der Waals surface area contributed by atoms with Crippen LogP contribution in [0.15, 0.2) is 47.4 Å². The van der Waals surface area contributed by atoms with Crippen molar-refractivity contribution in [2.75, 3.05) is 51.1 Å². The standard InChI is InChI=1S/C29H30F3N7O4/c1-4-24-22-15-34-27(33-2)36-25(22)37-28(41)39(24)20-12-19(13-21(14-20)42-3)35-26(40)17-5-6-18(23(11-17)29(30,31)32)16-38-7-9-43-10-8-38/h5-6,11-15H,4,7-10,16H2,1-3H3,(H,35,40)(H,33,36,37,41). The molecule has 0 unspecified atom stereocenters. The van der Waals surface area contributed by atoms with Crippen molar-refractivity contribution in [1.82, 2.24) is 24.4 Å². The highest BCUT2D eigenvalue weighted by Crippen LogP contribution is 2.34. The van der Waals surface area contributed by atoms with E-state index >= 15 is 0 Å². The molecule has 1 saturated heterocycles. The maximum absolute atomic E-state index is 14.0. The van der Waals surface area contributed by atoms with Gasteiger partial charge in [-0.2, -0.15) is 23.1 Å². The molecule has 0 atom stereocenters. The second-order valence-electron chi connectivity index (χ2n) is 9.84. The third-order valence-electron chi connectivity index (χ3n) is 7.12. The van der Waals surface area contributed by atoms with Crippen molar-refractivity contribution in [3.63, 3.8) is 0 Å². The maximum Gasteiger partial charge on any atom is 0.416 e. The first-order chi connectivity index (χ1) is 20.6. The fourth-order valence-corrected chi connectivity index (χ4v) is 5.00. The summed E-state index contributed by atoms with van der Waals surface area (Å²) in [6.45, 7) is 3.91. The first-order valence-electron chi connectivity index (χ1n) is 13.6. The van der Waals surface area contributed by atoms with E-state index in [1.54, 1.807) is 19.3 Å². The van der Waals surface area contributed by atoms with Gasteiger partial charge in [-0.15, -0.1) is 0 Å². The van der Waals surface area contributed by atoms with E-state index in [1.165, 1.54) is 35.9 Å². The lowest BCUT2D eigenvalue weighted by Crippen LogP contribution is -2.36. The minimum atomic E-state index is -4.65. The number of carbonyl (C=O) groups excluding carboxylic acids is 1. The molecule has 0 aliphatic carbocycles. The van der Waals surface area contributed by atoms with Gasteiger partial charge in [0.1, 0.15) is 5.75 Å². The van der Waals surface area contributed by atoms with Crippen LogP contribution in [0.4, 0.5) is 24.8 Å². The Morgan fingerprint density at radius 2 is 1.88 bits per heavy atom. The van der Waals surface area contributed by atoms with E-state index in [9.17, 15) is 22.8 Å². The van der Waals surface area contributed by atoms with E-state index in [4.69, 9.17) is 9.47 Å². The molecule has 1 aliphatic rings. The lowest BCUT2D eigenvalue weighted by molar-refractivity contribution is -0.138. The van der Waals surface area contributed by atoms with Gasteiger partial charge in [-0.1, -0.05) is 13.0 Å². The highest BCUT2D eigenvalue weighted by Gasteiger charge is 2.34. The molecule has 43 heavy (non-hydrogen) atoms. The number of aryl methyl sites for hydroxylation is 1. The van der Waals surface area contributed by atoms with Gasteiger partial charge >= 0.3 is 11.9 Å². The number of hydrogen-bond acceptors (Lipinski definition) is 9. The molecule has 1 aliphatic heterocycles. The van der Waals surface area contributed by atoms with Gasteiger partial charge in [0.15, 0.2) is 5.65 Å². The van der Waals surface area contributed by atoms with E-state index in [0.29, 0.717) is 61.2 Å². The SMILES string of the molecule is CCc1c2cnc(NC)nc2nc(=O)n1-c1cc(NC(=O)c2ccc(CN3CCOCC3)c(C(F)(F)F)c2)cc(OC)c1. The Kier molecular flexibility index (Phi) is 8.59. The van der Waals surface area contributed by atoms with Crippen LogP contribution in [0.3, 0.4) is 0 Å². The minimum absolute atomic E-state index is 0.0794. The van der Waals surface area contributed by atoms with Gasteiger partial charge in [-0.25, -0.2) is 9.78 Å². The van der Waals surface area contributed by atoms with Gasteiger partial charge in [0.25, 0.3) is 5.91 Å². The third-order valence-corrected chi connectivity index (χ3v) is 7.12. The number of nitrogens with one attached hydrogen (secondary N) is 2. The summed E-state index contributed by atoms with van der Waals surface area (Å²) in [6.07, 6.45) is -2.66. The zero-order chi connectivity index (χ0) is 30.7. The molecule has 14 heteroatoms. The lowest BCUT2D eigenvalue weighted by Gasteiger charge is -2.27. The fraction of sp³-hybridized carbons (Fsp3) is 0.345. The number of benzene rings is 2. The van der Waals surface area contributed by atoms with E-state index in [2.05, 4.69) is 25.6 Å².